The van der Waals surface area contributed by atoms with Gasteiger partial charge in [0.25, 0.3) is 0 Å². The highest BCUT2D eigenvalue weighted by atomic mass is 19.4. The summed E-state index contributed by atoms with van der Waals surface area (Å²) in [5.41, 5.74) is 0.154. The molecule has 0 aliphatic heterocycles. The maximum Gasteiger partial charge on any atom is 0.433 e. The topological polar surface area (TPSA) is 54.0 Å². The number of alkyl halides is 3. The Morgan fingerprint density at radius 2 is 1.77 bits per heavy atom. The second kappa shape index (κ2) is 10.9. The van der Waals surface area contributed by atoms with Crippen molar-refractivity contribution in [1.82, 2.24) is 15.6 Å². The Morgan fingerprint density at radius 1 is 1.03 bits per heavy atom. The molecule has 0 saturated carbocycles. The summed E-state index contributed by atoms with van der Waals surface area (Å²) in [6.07, 6.45) is -2.98. The van der Waals surface area contributed by atoms with Crippen LogP contribution in [0.5, 0.6) is 0 Å². The Bertz CT molecular complexity index is 1180. The molecule has 0 bridgehead atoms. The van der Waals surface area contributed by atoms with E-state index in [1.807, 2.05) is 0 Å². The highest BCUT2D eigenvalue weighted by Crippen LogP contribution is 2.29. The van der Waals surface area contributed by atoms with Gasteiger partial charge >= 0.3 is 6.18 Å². The third kappa shape index (κ3) is 6.39. The van der Waals surface area contributed by atoms with Crippen molar-refractivity contribution >= 4 is 5.91 Å². The van der Waals surface area contributed by atoms with Crippen molar-refractivity contribution in [2.45, 2.75) is 38.0 Å². The van der Waals surface area contributed by atoms with Gasteiger partial charge in [-0.1, -0.05) is 30.3 Å². The van der Waals surface area contributed by atoms with Gasteiger partial charge in [-0.2, -0.15) is 13.2 Å². The van der Waals surface area contributed by atoms with E-state index in [1.165, 1.54) is 37.4 Å². The standard InChI is InChI=1S/C25H23F6N3O/c1-14-12-16(8-9-18(14)26)20(10-6-15-7-11-21(33-13-15)25(29,30)31)34-23(24(35)32-2)17-4-3-5-19(27)22(17)28/h3-5,7-9,11-13,20,23,34H,6,10H2,1-2H3,(H,32,35)/t20-,23-/m1/s1. The first kappa shape index (κ1) is 26.2. The summed E-state index contributed by atoms with van der Waals surface area (Å²) in [6, 6.07) is 7.98. The number of carbonyl (C=O) groups is 1. The van der Waals surface area contributed by atoms with Crippen LogP contribution in [0.1, 0.15) is 46.5 Å². The number of benzene rings is 2. The largest absolute Gasteiger partial charge is 0.433 e. The number of hydrogen-bond donors (Lipinski definition) is 2. The molecule has 0 saturated heterocycles. The number of halogens is 6. The van der Waals surface area contributed by atoms with E-state index in [1.54, 1.807) is 13.0 Å². The molecule has 0 aliphatic carbocycles. The fourth-order valence-electron chi connectivity index (χ4n) is 3.68. The van der Waals surface area contributed by atoms with Gasteiger partial charge < -0.3 is 5.32 Å². The third-order valence-corrected chi connectivity index (χ3v) is 5.59. The molecule has 1 aromatic heterocycles. The molecule has 2 aromatic carbocycles. The number of rotatable bonds is 8. The van der Waals surface area contributed by atoms with E-state index < -0.39 is 47.3 Å². The summed E-state index contributed by atoms with van der Waals surface area (Å²) in [6.45, 7) is 1.55. The lowest BCUT2D eigenvalue weighted by molar-refractivity contribution is -0.141. The monoisotopic (exact) mass is 495 g/mol. The molecular formula is C25H23F6N3O. The summed E-state index contributed by atoms with van der Waals surface area (Å²) < 4.78 is 80.7. The van der Waals surface area contributed by atoms with Crippen molar-refractivity contribution in [2.75, 3.05) is 7.05 Å². The summed E-state index contributed by atoms with van der Waals surface area (Å²) in [5, 5.41) is 5.43. The van der Waals surface area contributed by atoms with Crippen molar-refractivity contribution in [2.24, 2.45) is 0 Å². The molecule has 0 unspecified atom stereocenters. The number of nitrogens with one attached hydrogen (secondary N) is 2. The number of pyridine rings is 1. The maximum absolute atomic E-state index is 14.6. The molecule has 2 N–H and O–H groups in total. The zero-order valence-corrected chi connectivity index (χ0v) is 18.9. The van der Waals surface area contributed by atoms with Crippen LogP contribution in [0.15, 0.2) is 54.7 Å². The number of hydrogen-bond acceptors (Lipinski definition) is 3. The SMILES string of the molecule is CNC(=O)[C@H](N[C@H](CCc1ccc(C(F)(F)F)nc1)c1ccc(F)c(C)c1)c1cccc(F)c1F. The lowest BCUT2D eigenvalue weighted by atomic mass is 9.95. The molecule has 3 rings (SSSR count). The fraction of sp³-hybridized carbons (Fsp3) is 0.280. The minimum Gasteiger partial charge on any atom is -0.358 e. The van der Waals surface area contributed by atoms with E-state index in [-0.39, 0.29) is 18.4 Å². The number of nitrogens with zero attached hydrogens (tertiary/aromatic N) is 1. The Balaban J connectivity index is 1.93. The van der Waals surface area contributed by atoms with Gasteiger partial charge in [-0.05, 0) is 54.7 Å². The number of aryl methyl sites for hydroxylation is 2. The van der Waals surface area contributed by atoms with Gasteiger partial charge in [0.2, 0.25) is 5.91 Å². The Morgan fingerprint density at radius 3 is 2.37 bits per heavy atom. The van der Waals surface area contributed by atoms with Crippen molar-refractivity contribution < 1.29 is 31.1 Å². The van der Waals surface area contributed by atoms with E-state index in [0.717, 1.165) is 18.3 Å². The highest BCUT2D eigenvalue weighted by Gasteiger charge is 2.32. The van der Waals surface area contributed by atoms with Crippen LogP contribution in [0, 0.1) is 24.4 Å². The molecule has 0 fully saturated rings. The van der Waals surface area contributed by atoms with Gasteiger partial charge in [0.15, 0.2) is 11.6 Å². The van der Waals surface area contributed by atoms with Crippen molar-refractivity contribution in [3.8, 4) is 0 Å². The highest BCUT2D eigenvalue weighted by molar-refractivity contribution is 5.83. The van der Waals surface area contributed by atoms with Crippen LogP contribution in [-0.4, -0.2) is 17.9 Å². The zero-order chi connectivity index (χ0) is 25.8. The molecule has 1 amide bonds. The van der Waals surface area contributed by atoms with E-state index in [9.17, 15) is 31.1 Å². The predicted molar refractivity (Wildman–Crippen MR) is 118 cm³/mol. The minimum atomic E-state index is -4.57. The van der Waals surface area contributed by atoms with Crippen LogP contribution >= 0.6 is 0 Å². The van der Waals surface area contributed by atoms with Gasteiger partial charge in [0.05, 0.1) is 0 Å². The maximum atomic E-state index is 14.6. The lowest BCUT2D eigenvalue weighted by Crippen LogP contribution is -2.38. The van der Waals surface area contributed by atoms with Crippen molar-refractivity contribution in [3.63, 3.8) is 0 Å². The van der Waals surface area contributed by atoms with E-state index in [2.05, 4.69) is 15.6 Å². The normalized spacial score (nSPS) is 13.4. The average Bonchev–Trinajstić information content (AvgIpc) is 2.82. The summed E-state index contributed by atoms with van der Waals surface area (Å²) in [5.74, 6) is -3.38. The van der Waals surface area contributed by atoms with Crippen LogP contribution in [0.4, 0.5) is 26.3 Å². The molecule has 4 nitrogen and oxygen atoms in total. The fourth-order valence-corrected chi connectivity index (χ4v) is 3.68. The predicted octanol–water partition coefficient (Wildman–Crippen LogP) is 5.58. The van der Waals surface area contributed by atoms with E-state index in [0.29, 0.717) is 16.7 Å². The third-order valence-electron chi connectivity index (χ3n) is 5.59. The smallest absolute Gasteiger partial charge is 0.358 e. The Labute approximate surface area is 198 Å². The summed E-state index contributed by atoms with van der Waals surface area (Å²) >= 11 is 0. The van der Waals surface area contributed by atoms with Crippen molar-refractivity contribution in [1.29, 1.82) is 0 Å². The first-order valence-electron chi connectivity index (χ1n) is 10.7. The zero-order valence-electron chi connectivity index (χ0n) is 18.9. The summed E-state index contributed by atoms with van der Waals surface area (Å²) in [7, 11) is 1.35. The molecule has 0 radical (unpaired) electrons. The molecule has 0 aliphatic rings. The van der Waals surface area contributed by atoms with Gasteiger partial charge in [0, 0.05) is 24.8 Å². The number of carbonyl (C=O) groups excluding carboxylic acids is 1. The lowest BCUT2D eigenvalue weighted by Gasteiger charge is -2.26. The second-order valence-electron chi connectivity index (χ2n) is 8.01. The van der Waals surface area contributed by atoms with Gasteiger partial charge in [-0.25, -0.2) is 13.2 Å². The van der Waals surface area contributed by atoms with Crippen LogP contribution in [-0.2, 0) is 17.4 Å². The van der Waals surface area contributed by atoms with Gasteiger partial charge in [0.1, 0.15) is 17.6 Å². The van der Waals surface area contributed by atoms with Gasteiger partial charge in [-0.15, -0.1) is 0 Å². The number of likely N-dealkylation sites (N-methyl/N-ethyl adjacent to an activating group) is 1. The number of aromatic nitrogens is 1. The van der Waals surface area contributed by atoms with Gasteiger partial charge in [-0.3, -0.25) is 15.1 Å². The molecule has 186 valence electrons. The van der Waals surface area contributed by atoms with E-state index in [4.69, 9.17) is 0 Å². The Hall–Kier alpha value is -3.40. The average molecular weight is 495 g/mol. The van der Waals surface area contributed by atoms with Crippen LogP contribution in [0.2, 0.25) is 0 Å². The molecule has 2 atom stereocenters. The van der Waals surface area contributed by atoms with Crippen LogP contribution in [0.3, 0.4) is 0 Å². The van der Waals surface area contributed by atoms with Crippen molar-refractivity contribution in [3.05, 3.63) is 100 Å². The quantitative estimate of drug-likeness (QED) is 0.402. The van der Waals surface area contributed by atoms with Crippen LogP contribution < -0.4 is 10.6 Å². The molecule has 35 heavy (non-hydrogen) atoms. The molecule has 3 aromatic rings. The molecular weight excluding hydrogens is 472 g/mol. The second-order valence-corrected chi connectivity index (χ2v) is 8.01. The first-order chi connectivity index (χ1) is 16.5. The minimum absolute atomic E-state index is 0.218. The first-order valence-corrected chi connectivity index (χ1v) is 10.7. The van der Waals surface area contributed by atoms with Crippen LogP contribution in [0.25, 0.3) is 0 Å². The molecule has 0 spiro atoms. The number of amides is 1. The van der Waals surface area contributed by atoms with E-state index >= 15 is 0 Å². The molecule has 10 heteroatoms. The summed E-state index contributed by atoms with van der Waals surface area (Å²) in [4.78, 5) is 16.1. The Kier molecular flexibility index (Phi) is 8.16. The molecule has 1 heterocycles.